The number of para-hydroxylation sites is 1. The summed E-state index contributed by atoms with van der Waals surface area (Å²) in [7, 11) is 0. The van der Waals surface area contributed by atoms with Gasteiger partial charge in [0.25, 0.3) is 0 Å². The highest BCUT2D eigenvalue weighted by molar-refractivity contribution is 5.91. The molecule has 0 amide bonds. The summed E-state index contributed by atoms with van der Waals surface area (Å²) in [6.07, 6.45) is 0. The Kier molecular flexibility index (Phi) is 4.32. The molecule has 0 aromatic heterocycles. The number of benzene rings is 2. The molecule has 3 heteroatoms. The van der Waals surface area contributed by atoms with Crippen LogP contribution in [0.5, 0.6) is 11.5 Å². The molecule has 2 aromatic carbocycles. The summed E-state index contributed by atoms with van der Waals surface area (Å²) in [6, 6.07) is 14.9. The Morgan fingerprint density at radius 2 is 1.62 bits per heavy atom. The quantitative estimate of drug-likeness (QED) is 0.763. The van der Waals surface area contributed by atoms with Crippen molar-refractivity contribution in [1.29, 1.82) is 0 Å². The summed E-state index contributed by atoms with van der Waals surface area (Å²) in [5, 5.41) is 0. The van der Waals surface area contributed by atoms with Gasteiger partial charge in [-0.1, -0.05) is 18.2 Å². The molecule has 2 rings (SSSR count). The van der Waals surface area contributed by atoms with Crippen molar-refractivity contribution in [3.05, 3.63) is 59.7 Å². The predicted octanol–water partition coefficient (Wildman–Crippen LogP) is 4.74. The Labute approximate surface area is 125 Å². The van der Waals surface area contributed by atoms with Gasteiger partial charge in [0.15, 0.2) is 0 Å². The van der Waals surface area contributed by atoms with Crippen molar-refractivity contribution in [2.24, 2.45) is 0 Å². The van der Waals surface area contributed by atoms with Crippen LogP contribution in [-0.4, -0.2) is 11.6 Å². The van der Waals surface area contributed by atoms with E-state index >= 15 is 0 Å². The van der Waals surface area contributed by atoms with E-state index in [4.69, 9.17) is 9.47 Å². The Bertz CT molecular complexity index is 625. The van der Waals surface area contributed by atoms with E-state index in [1.807, 2.05) is 64.1 Å². The van der Waals surface area contributed by atoms with E-state index in [0.29, 0.717) is 11.3 Å². The van der Waals surface area contributed by atoms with Crippen LogP contribution in [0.1, 0.15) is 36.7 Å². The topological polar surface area (TPSA) is 35.5 Å². The molecule has 0 unspecified atom stereocenters. The van der Waals surface area contributed by atoms with E-state index in [1.54, 1.807) is 12.1 Å². The first-order valence-electron chi connectivity index (χ1n) is 6.92. The van der Waals surface area contributed by atoms with Crippen LogP contribution in [0.2, 0.25) is 0 Å². The van der Waals surface area contributed by atoms with E-state index in [9.17, 15) is 4.79 Å². The van der Waals surface area contributed by atoms with Crippen LogP contribution in [0.4, 0.5) is 0 Å². The van der Waals surface area contributed by atoms with Gasteiger partial charge in [0.1, 0.15) is 17.1 Å². The van der Waals surface area contributed by atoms with Gasteiger partial charge in [0.05, 0.1) is 5.56 Å². The van der Waals surface area contributed by atoms with E-state index < -0.39 is 5.60 Å². The molecule has 0 aliphatic carbocycles. The molecule has 0 saturated carbocycles. The van der Waals surface area contributed by atoms with Gasteiger partial charge in [-0.25, -0.2) is 4.79 Å². The molecule has 21 heavy (non-hydrogen) atoms. The molecule has 0 aliphatic rings. The van der Waals surface area contributed by atoms with Gasteiger partial charge >= 0.3 is 5.97 Å². The van der Waals surface area contributed by atoms with E-state index in [-0.39, 0.29) is 5.97 Å². The lowest BCUT2D eigenvalue weighted by molar-refractivity contribution is 0.00688. The van der Waals surface area contributed by atoms with Gasteiger partial charge in [-0.15, -0.1) is 0 Å². The van der Waals surface area contributed by atoms with Crippen molar-refractivity contribution in [3.8, 4) is 11.5 Å². The van der Waals surface area contributed by atoms with Gasteiger partial charge in [-0.05, 0) is 63.6 Å². The number of ether oxygens (including phenoxy) is 2. The maximum atomic E-state index is 12.1. The van der Waals surface area contributed by atoms with E-state index in [2.05, 4.69) is 0 Å². The molecule has 0 N–H and O–H groups in total. The minimum Gasteiger partial charge on any atom is -0.457 e. The number of rotatable bonds is 3. The molecular weight excluding hydrogens is 264 g/mol. The zero-order chi connectivity index (χ0) is 15.5. The van der Waals surface area contributed by atoms with E-state index in [1.165, 1.54) is 0 Å². The second-order valence-electron chi connectivity index (χ2n) is 5.89. The molecule has 110 valence electrons. The largest absolute Gasteiger partial charge is 0.457 e. The SMILES string of the molecule is Cc1cc(Oc2ccccc2)ccc1C(=O)OC(C)(C)C. The van der Waals surface area contributed by atoms with Crippen molar-refractivity contribution < 1.29 is 14.3 Å². The smallest absolute Gasteiger partial charge is 0.338 e. The second-order valence-corrected chi connectivity index (χ2v) is 5.89. The zero-order valence-corrected chi connectivity index (χ0v) is 12.8. The molecular formula is C18H20O3. The van der Waals surface area contributed by atoms with Crippen molar-refractivity contribution in [1.82, 2.24) is 0 Å². The number of carbonyl (C=O) groups excluding carboxylic acids is 1. The average Bonchev–Trinajstić information content (AvgIpc) is 2.37. The summed E-state index contributed by atoms with van der Waals surface area (Å²) in [6.45, 7) is 7.43. The number of carbonyl (C=O) groups is 1. The normalized spacial score (nSPS) is 11.0. The summed E-state index contributed by atoms with van der Waals surface area (Å²) in [4.78, 5) is 12.1. The minimum atomic E-state index is -0.497. The molecule has 0 saturated heterocycles. The first-order valence-corrected chi connectivity index (χ1v) is 6.92. The average molecular weight is 284 g/mol. The maximum Gasteiger partial charge on any atom is 0.338 e. The monoisotopic (exact) mass is 284 g/mol. The molecule has 0 spiro atoms. The second kappa shape index (κ2) is 6.00. The van der Waals surface area contributed by atoms with Crippen molar-refractivity contribution in [2.45, 2.75) is 33.3 Å². The summed E-state index contributed by atoms with van der Waals surface area (Å²) in [5.74, 6) is 1.15. The molecule has 3 nitrogen and oxygen atoms in total. The zero-order valence-electron chi connectivity index (χ0n) is 12.8. The molecule has 0 radical (unpaired) electrons. The first-order chi connectivity index (χ1) is 9.85. The molecule has 0 aliphatic heterocycles. The van der Waals surface area contributed by atoms with Gasteiger partial charge in [-0.3, -0.25) is 0 Å². The lowest BCUT2D eigenvalue weighted by atomic mass is 10.1. The molecule has 0 heterocycles. The minimum absolute atomic E-state index is 0.314. The highest BCUT2D eigenvalue weighted by Gasteiger charge is 2.19. The van der Waals surface area contributed by atoms with Gasteiger partial charge in [-0.2, -0.15) is 0 Å². The van der Waals surface area contributed by atoms with Gasteiger partial charge in [0.2, 0.25) is 0 Å². The highest BCUT2D eigenvalue weighted by Crippen LogP contribution is 2.24. The van der Waals surface area contributed by atoms with Crippen LogP contribution in [-0.2, 0) is 4.74 Å². The standard InChI is InChI=1S/C18H20O3/c1-13-12-15(20-14-8-6-5-7-9-14)10-11-16(13)17(19)21-18(2,3)4/h5-12H,1-4H3. The van der Waals surface area contributed by atoms with Gasteiger partial charge in [0, 0.05) is 0 Å². The Morgan fingerprint density at radius 1 is 0.952 bits per heavy atom. The van der Waals surface area contributed by atoms with Crippen molar-refractivity contribution in [3.63, 3.8) is 0 Å². The molecule has 0 atom stereocenters. The number of hydrogen-bond acceptors (Lipinski definition) is 3. The van der Waals surface area contributed by atoms with Crippen LogP contribution in [0, 0.1) is 6.92 Å². The van der Waals surface area contributed by atoms with Crippen molar-refractivity contribution in [2.75, 3.05) is 0 Å². The van der Waals surface area contributed by atoms with Crippen molar-refractivity contribution >= 4 is 5.97 Å². The van der Waals surface area contributed by atoms with Crippen LogP contribution >= 0.6 is 0 Å². The number of aryl methyl sites for hydroxylation is 1. The third kappa shape index (κ3) is 4.35. The van der Waals surface area contributed by atoms with Crippen LogP contribution in [0.25, 0.3) is 0 Å². The fourth-order valence-electron chi connectivity index (χ4n) is 1.89. The van der Waals surface area contributed by atoms with Crippen LogP contribution in [0.3, 0.4) is 0 Å². The highest BCUT2D eigenvalue weighted by atomic mass is 16.6. The third-order valence-corrected chi connectivity index (χ3v) is 2.80. The summed E-state index contributed by atoms with van der Waals surface area (Å²) < 4.78 is 11.1. The fourth-order valence-corrected chi connectivity index (χ4v) is 1.89. The Balaban J connectivity index is 2.16. The number of hydrogen-bond donors (Lipinski definition) is 0. The molecule has 0 bridgehead atoms. The summed E-state index contributed by atoms with van der Waals surface area (Å²) in [5.41, 5.74) is 0.894. The van der Waals surface area contributed by atoms with Crippen LogP contribution in [0.15, 0.2) is 48.5 Å². The third-order valence-electron chi connectivity index (χ3n) is 2.80. The lowest BCUT2D eigenvalue weighted by Crippen LogP contribution is -2.24. The predicted molar refractivity (Wildman–Crippen MR) is 82.9 cm³/mol. The summed E-state index contributed by atoms with van der Waals surface area (Å²) >= 11 is 0. The van der Waals surface area contributed by atoms with Gasteiger partial charge < -0.3 is 9.47 Å². The Hall–Kier alpha value is -2.29. The van der Waals surface area contributed by atoms with Crippen LogP contribution < -0.4 is 4.74 Å². The number of esters is 1. The molecule has 0 fully saturated rings. The first kappa shape index (κ1) is 15.1. The maximum absolute atomic E-state index is 12.1. The molecule has 2 aromatic rings. The fraction of sp³-hybridized carbons (Fsp3) is 0.278. The van der Waals surface area contributed by atoms with E-state index in [0.717, 1.165) is 11.3 Å². The lowest BCUT2D eigenvalue weighted by Gasteiger charge is -2.20. The Morgan fingerprint density at radius 3 is 2.19 bits per heavy atom.